The molecule has 1 N–H and O–H groups in total. The second-order valence-electron chi connectivity index (χ2n) is 9.52. The van der Waals surface area contributed by atoms with Crippen LogP contribution in [0.1, 0.15) is 60.8 Å². The van der Waals surface area contributed by atoms with Crippen molar-refractivity contribution in [2.24, 2.45) is 22.7 Å². The number of aryl methyl sites for hydroxylation is 2. The summed E-state index contributed by atoms with van der Waals surface area (Å²) in [5.41, 5.74) is 6.02. The fraction of sp³-hybridized carbons (Fsp3) is 0.480. The third-order valence-corrected chi connectivity index (χ3v) is 7.37. The van der Waals surface area contributed by atoms with Crippen molar-refractivity contribution in [1.82, 2.24) is 0 Å². The highest BCUT2D eigenvalue weighted by molar-refractivity contribution is 5.86. The molecule has 0 unspecified atom stereocenters. The molecule has 27 heavy (non-hydrogen) atoms. The number of aliphatic imine (C=N–C) groups is 1. The molecule has 4 aliphatic rings. The lowest BCUT2D eigenvalue weighted by Crippen LogP contribution is -2.48. The summed E-state index contributed by atoms with van der Waals surface area (Å²) in [5.74, 6) is 3.11. The standard InChI is InChI=1S/C25H29NO/c1-16-3-5-23(17(2)7-16)26-15-21-11-22(4-6-24(21)27)25-12-18-8-19(13-25)10-20(9-18)14-25/h3-7,11,15,18-20,27H,8-10,12-14H2,1-2H3. The molecular formula is C25H29NO. The van der Waals surface area contributed by atoms with Crippen molar-refractivity contribution in [2.45, 2.75) is 57.8 Å². The van der Waals surface area contributed by atoms with E-state index in [4.69, 9.17) is 0 Å². The minimum absolute atomic E-state index is 0.331. The maximum absolute atomic E-state index is 10.4. The summed E-state index contributed by atoms with van der Waals surface area (Å²) in [6, 6.07) is 12.6. The van der Waals surface area contributed by atoms with E-state index >= 15 is 0 Å². The lowest BCUT2D eigenvalue weighted by Gasteiger charge is -2.57. The molecule has 2 aromatic carbocycles. The molecule has 4 aliphatic carbocycles. The predicted molar refractivity (Wildman–Crippen MR) is 111 cm³/mol. The minimum atomic E-state index is 0.331. The number of hydrogen-bond donors (Lipinski definition) is 1. The fourth-order valence-electron chi connectivity index (χ4n) is 6.54. The van der Waals surface area contributed by atoms with Crippen molar-refractivity contribution >= 4 is 11.9 Å². The summed E-state index contributed by atoms with van der Waals surface area (Å²) in [7, 11) is 0. The fourth-order valence-corrected chi connectivity index (χ4v) is 6.54. The van der Waals surface area contributed by atoms with Crippen LogP contribution in [0.3, 0.4) is 0 Å². The minimum Gasteiger partial charge on any atom is -0.507 e. The average Bonchev–Trinajstić information content (AvgIpc) is 2.61. The Morgan fingerprint density at radius 1 is 0.926 bits per heavy atom. The zero-order valence-electron chi connectivity index (χ0n) is 16.4. The van der Waals surface area contributed by atoms with Gasteiger partial charge in [0.05, 0.1) is 5.69 Å². The third-order valence-electron chi connectivity index (χ3n) is 7.37. The zero-order chi connectivity index (χ0) is 18.6. The van der Waals surface area contributed by atoms with Gasteiger partial charge in [-0.25, -0.2) is 0 Å². The Balaban J connectivity index is 1.47. The largest absolute Gasteiger partial charge is 0.507 e. The van der Waals surface area contributed by atoms with Crippen LogP contribution in [0.2, 0.25) is 0 Å². The van der Waals surface area contributed by atoms with Crippen LogP contribution in [0.4, 0.5) is 5.69 Å². The van der Waals surface area contributed by atoms with Crippen molar-refractivity contribution in [2.75, 3.05) is 0 Å². The van der Waals surface area contributed by atoms with Gasteiger partial charge in [-0.15, -0.1) is 0 Å². The molecule has 0 amide bonds. The van der Waals surface area contributed by atoms with Gasteiger partial charge >= 0.3 is 0 Å². The summed E-state index contributed by atoms with van der Waals surface area (Å²) in [6.45, 7) is 4.19. The van der Waals surface area contributed by atoms with Crippen LogP contribution >= 0.6 is 0 Å². The number of nitrogens with zero attached hydrogens (tertiary/aromatic N) is 1. The van der Waals surface area contributed by atoms with Gasteiger partial charge in [0.25, 0.3) is 0 Å². The Kier molecular flexibility index (Phi) is 3.93. The summed E-state index contributed by atoms with van der Waals surface area (Å²) in [5, 5.41) is 10.4. The smallest absolute Gasteiger partial charge is 0.124 e. The van der Waals surface area contributed by atoms with Gasteiger partial charge < -0.3 is 5.11 Å². The Labute approximate surface area is 162 Å². The number of rotatable bonds is 3. The molecule has 4 saturated carbocycles. The summed E-state index contributed by atoms with van der Waals surface area (Å²) < 4.78 is 0. The molecule has 0 aliphatic heterocycles. The van der Waals surface area contributed by atoms with E-state index in [1.54, 1.807) is 0 Å². The van der Waals surface area contributed by atoms with Crippen LogP contribution in [-0.4, -0.2) is 11.3 Å². The molecule has 2 aromatic rings. The Morgan fingerprint density at radius 3 is 2.22 bits per heavy atom. The van der Waals surface area contributed by atoms with E-state index in [1.807, 2.05) is 12.3 Å². The van der Waals surface area contributed by atoms with Crippen molar-refractivity contribution in [1.29, 1.82) is 0 Å². The zero-order valence-corrected chi connectivity index (χ0v) is 16.4. The van der Waals surface area contributed by atoms with Gasteiger partial charge in [0.15, 0.2) is 0 Å². The van der Waals surface area contributed by atoms with E-state index in [9.17, 15) is 5.11 Å². The quantitative estimate of drug-likeness (QED) is 0.648. The Hall–Kier alpha value is -2.09. The van der Waals surface area contributed by atoms with E-state index in [0.717, 1.165) is 29.0 Å². The topological polar surface area (TPSA) is 32.6 Å². The molecule has 0 radical (unpaired) electrons. The molecule has 2 nitrogen and oxygen atoms in total. The summed E-state index contributed by atoms with van der Waals surface area (Å²) in [6.07, 6.45) is 10.2. The monoisotopic (exact) mass is 359 g/mol. The molecule has 6 rings (SSSR count). The first-order valence-corrected chi connectivity index (χ1v) is 10.5. The highest BCUT2D eigenvalue weighted by Gasteiger charge is 2.51. The lowest BCUT2D eigenvalue weighted by atomic mass is 9.48. The van der Waals surface area contributed by atoms with Crippen molar-refractivity contribution in [3.05, 3.63) is 58.7 Å². The maximum Gasteiger partial charge on any atom is 0.124 e. The van der Waals surface area contributed by atoms with Gasteiger partial charge in [-0.2, -0.15) is 0 Å². The molecule has 0 spiro atoms. The summed E-state index contributed by atoms with van der Waals surface area (Å²) >= 11 is 0. The number of phenolic OH excluding ortho intramolecular Hbond substituents is 1. The van der Waals surface area contributed by atoms with E-state index in [2.05, 4.69) is 49.2 Å². The molecule has 2 heteroatoms. The third kappa shape index (κ3) is 2.99. The van der Waals surface area contributed by atoms with E-state index in [1.165, 1.54) is 55.2 Å². The van der Waals surface area contributed by atoms with Crippen LogP contribution < -0.4 is 0 Å². The number of phenols is 1. The summed E-state index contributed by atoms with van der Waals surface area (Å²) in [4.78, 5) is 4.68. The second kappa shape index (κ2) is 6.22. The van der Waals surface area contributed by atoms with Crippen LogP contribution in [0.25, 0.3) is 0 Å². The molecular weight excluding hydrogens is 330 g/mol. The molecule has 0 heterocycles. The first kappa shape index (κ1) is 17.0. The van der Waals surface area contributed by atoms with Crippen LogP contribution in [0.15, 0.2) is 41.4 Å². The first-order valence-electron chi connectivity index (χ1n) is 10.5. The SMILES string of the molecule is Cc1ccc(N=Cc2cc(C34CC5CC(CC(C5)C3)C4)ccc2O)c(C)c1. The maximum atomic E-state index is 10.4. The Morgan fingerprint density at radius 2 is 1.59 bits per heavy atom. The lowest BCUT2D eigenvalue weighted by molar-refractivity contribution is -0.00520. The molecule has 0 atom stereocenters. The number of benzene rings is 2. The molecule has 0 aromatic heterocycles. The number of hydrogen-bond acceptors (Lipinski definition) is 2. The van der Waals surface area contributed by atoms with Crippen LogP contribution in [-0.2, 0) is 5.41 Å². The van der Waals surface area contributed by atoms with Gasteiger partial charge in [-0.3, -0.25) is 4.99 Å². The average molecular weight is 360 g/mol. The Bertz CT molecular complexity index is 875. The highest BCUT2D eigenvalue weighted by Crippen LogP contribution is 2.60. The highest BCUT2D eigenvalue weighted by atomic mass is 16.3. The van der Waals surface area contributed by atoms with Gasteiger partial charge in [0, 0.05) is 11.8 Å². The molecule has 0 saturated heterocycles. The van der Waals surface area contributed by atoms with Crippen LogP contribution in [0.5, 0.6) is 5.75 Å². The van der Waals surface area contributed by atoms with Gasteiger partial charge in [-0.05, 0) is 105 Å². The van der Waals surface area contributed by atoms with E-state index in [-0.39, 0.29) is 0 Å². The predicted octanol–water partition coefficient (Wildman–Crippen LogP) is 6.23. The molecule has 4 bridgehead atoms. The first-order chi connectivity index (χ1) is 13.0. The van der Waals surface area contributed by atoms with Gasteiger partial charge in [-0.1, -0.05) is 23.8 Å². The molecule has 4 fully saturated rings. The number of aromatic hydroxyl groups is 1. The molecule has 140 valence electrons. The van der Waals surface area contributed by atoms with Gasteiger partial charge in [0.2, 0.25) is 0 Å². The van der Waals surface area contributed by atoms with Crippen molar-refractivity contribution < 1.29 is 5.11 Å². The van der Waals surface area contributed by atoms with Crippen LogP contribution in [0, 0.1) is 31.6 Å². The van der Waals surface area contributed by atoms with E-state index in [0.29, 0.717) is 11.2 Å². The van der Waals surface area contributed by atoms with Gasteiger partial charge in [0.1, 0.15) is 5.75 Å². The van der Waals surface area contributed by atoms with E-state index < -0.39 is 0 Å². The van der Waals surface area contributed by atoms with Crippen molar-refractivity contribution in [3.63, 3.8) is 0 Å². The van der Waals surface area contributed by atoms with Crippen molar-refractivity contribution in [3.8, 4) is 5.75 Å². The normalized spacial score (nSPS) is 31.7. The second-order valence-corrected chi connectivity index (χ2v) is 9.52.